The van der Waals surface area contributed by atoms with Crippen molar-refractivity contribution in [1.82, 2.24) is 15.3 Å². The molecule has 1 amide bonds. The van der Waals surface area contributed by atoms with Gasteiger partial charge in [-0.1, -0.05) is 42.5 Å². The minimum absolute atomic E-state index is 0.0719. The number of alkyl halides is 3. The Morgan fingerprint density at radius 3 is 2.27 bits per heavy atom. The highest BCUT2D eigenvalue weighted by atomic mass is 19.4. The van der Waals surface area contributed by atoms with Crippen LogP contribution in [0.15, 0.2) is 72.8 Å². The third-order valence-electron chi connectivity index (χ3n) is 5.83. The highest BCUT2D eigenvalue weighted by Gasteiger charge is 2.29. The minimum Gasteiger partial charge on any atom is -0.481 e. The Balaban J connectivity index is 1.54. The Kier molecular flexibility index (Phi) is 7.81. The van der Waals surface area contributed by atoms with Crippen LogP contribution in [-0.2, 0) is 23.9 Å². The lowest BCUT2D eigenvalue weighted by Gasteiger charge is -2.12. The van der Waals surface area contributed by atoms with E-state index < -0.39 is 23.6 Å². The van der Waals surface area contributed by atoms with Crippen LogP contribution in [0.4, 0.5) is 13.2 Å². The number of hydrogen-bond acceptors (Lipinski definition) is 4. The number of carbonyl (C=O) groups excluding carboxylic acids is 1. The van der Waals surface area contributed by atoms with Crippen molar-refractivity contribution >= 4 is 22.9 Å². The molecule has 0 aliphatic rings. The van der Waals surface area contributed by atoms with Crippen molar-refractivity contribution in [3.8, 4) is 11.3 Å². The molecule has 0 unspecified atom stereocenters. The zero-order valence-corrected chi connectivity index (χ0v) is 19.8. The molecule has 3 aromatic carbocycles. The van der Waals surface area contributed by atoms with Gasteiger partial charge >= 0.3 is 12.1 Å². The molecule has 9 heteroatoms. The van der Waals surface area contributed by atoms with Crippen LogP contribution >= 0.6 is 0 Å². The lowest BCUT2D eigenvalue weighted by molar-refractivity contribution is -0.138. The first-order valence-electron chi connectivity index (χ1n) is 11.7. The van der Waals surface area contributed by atoms with Gasteiger partial charge in [0, 0.05) is 24.1 Å². The number of aliphatic carboxylic acids is 1. The van der Waals surface area contributed by atoms with Gasteiger partial charge in [-0.2, -0.15) is 13.2 Å². The summed E-state index contributed by atoms with van der Waals surface area (Å²) in [6.07, 6.45) is -2.67. The number of hydrogen-bond donors (Lipinski definition) is 2. The molecule has 0 atom stereocenters. The van der Waals surface area contributed by atoms with Crippen molar-refractivity contribution in [3.05, 3.63) is 95.2 Å². The van der Waals surface area contributed by atoms with E-state index in [0.717, 1.165) is 17.7 Å². The SMILES string of the molecule is O=C(O)CCCCc1nc2cc(C(=O)NCc3ccc(C(F)(F)F)cc3)ccc2nc1-c1ccccc1. The van der Waals surface area contributed by atoms with E-state index in [-0.39, 0.29) is 13.0 Å². The second-order valence-electron chi connectivity index (χ2n) is 8.57. The summed E-state index contributed by atoms with van der Waals surface area (Å²) in [6, 6.07) is 19.1. The van der Waals surface area contributed by atoms with Crippen LogP contribution in [0.25, 0.3) is 22.3 Å². The fraction of sp³-hybridized carbons (Fsp3) is 0.214. The van der Waals surface area contributed by atoms with Gasteiger partial charge in [-0.15, -0.1) is 0 Å². The molecule has 1 heterocycles. The summed E-state index contributed by atoms with van der Waals surface area (Å²) in [5.41, 5.74) is 3.58. The van der Waals surface area contributed by atoms with E-state index in [1.54, 1.807) is 18.2 Å². The highest BCUT2D eigenvalue weighted by molar-refractivity contribution is 5.97. The van der Waals surface area contributed by atoms with E-state index in [1.807, 2.05) is 30.3 Å². The number of carboxylic acid groups (broad SMARTS) is 1. The fourth-order valence-corrected chi connectivity index (χ4v) is 3.90. The Bertz CT molecular complexity index is 1410. The monoisotopic (exact) mass is 507 g/mol. The predicted molar refractivity (Wildman–Crippen MR) is 133 cm³/mol. The lowest BCUT2D eigenvalue weighted by Crippen LogP contribution is -2.22. The third-order valence-corrected chi connectivity index (χ3v) is 5.83. The number of rotatable bonds is 9. The maximum Gasteiger partial charge on any atom is 0.416 e. The molecule has 4 aromatic rings. The molecule has 0 fully saturated rings. The summed E-state index contributed by atoms with van der Waals surface area (Å²) in [5, 5.41) is 11.6. The second kappa shape index (κ2) is 11.2. The first-order chi connectivity index (χ1) is 17.7. The van der Waals surface area contributed by atoms with Crippen LogP contribution in [0.5, 0.6) is 0 Å². The summed E-state index contributed by atoms with van der Waals surface area (Å²) in [4.78, 5) is 33.1. The van der Waals surface area contributed by atoms with Crippen LogP contribution in [0.2, 0.25) is 0 Å². The molecule has 4 rings (SSSR count). The number of carbonyl (C=O) groups is 2. The van der Waals surface area contributed by atoms with E-state index in [2.05, 4.69) is 5.32 Å². The standard InChI is InChI=1S/C28H24F3N3O3/c29-28(30,31)21-13-10-18(11-14-21)17-32-27(37)20-12-15-22-24(16-20)33-23(8-4-5-9-25(35)36)26(34-22)19-6-2-1-3-7-19/h1-3,6-7,10-16H,4-5,8-9,17H2,(H,32,37)(H,35,36). The first kappa shape index (κ1) is 25.8. The van der Waals surface area contributed by atoms with E-state index in [4.69, 9.17) is 15.1 Å². The van der Waals surface area contributed by atoms with Gasteiger partial charge in [0.05, 0.1) is 28.0 Å². The topological polar surface area (TPSA) is 92.2 Å². The molecule has 0 saturated heterocycles. The molecule has 2 N–H and O–H groups in total. The van der Waals surface area contributed by atoms with Gasteiger partial charge in [0.2, 0.25) is 0 Å². The Morgan fingerprint density at radius 2 is 1.59 bits per heavy atom. The second-order valence-corrected chi connectivity index (χ2v) is 8.57. The molecule has 1 aromatic heterocycles. The molecule has 0 aliphatic heterocycles. The van der Waals surface area contributed by atoms with Crippen molar-refractivity contribution in [1.29, 1.82) is 0 Å². The van der Waals surface area contributed by atoms with E-state index in [1.165, 1.54) is 12.1 Å². The average molecular weight is 508 g/mol. The molecular formula is C28H24F3N3O3. The molecule has 0 aliphatic carbocycles. The number of nitrogens with one attached hydrogen (secondary N) is 1. The van der Waals surface area contributed by atoms with Crippen LogP contribution in [-0.4, -0.2) is 27.0 Å². The van der Waals surface area contributed by atoms with Crippen LogP contribution in [0.1, 0.15) is 46.4 Å². The first-order valence-corrected chi connectivity index (χ1v) is 11.7. The van der Waals surface area contributed by atoms with Gasteiger partial charge in [0.25, 0.3) is 5.91 Å². The van der Waals surface area contributed by atoms with Gasteiger partial charge in [-0.25, -0.2) is 9.97 Å². The predicted octanol–water partition coefficient (Wildman–Crippen LogP) is 6.04. The van der Waals surface area contributed by atoms with Crippen molar-refractivity contribution < 1.29 is 27.9 Å². The number of halogens is 3. The van der Waals surface area contributed by atoms with Gasteiger partial charge < -0.3 is 10.4 Å². The molecular weight excluding hydrogens is 483 g/mol. The third kappa shape index (κ3) is 6.69. The zero-order chi connectivity index (χ0) is 26.4. The normalized spacial score (nSPS) is 11.4. The Hall–Kier alpha value is -4.27. The molecule has 0 spiro atoms. The van der Waals surface area contributed by atoms with E-state index >= 15 is 0 Å². The number of aryl methyl sites for hydroxylation is 1. The molecule has 0 bridgehead atoms. The molecule has 190 valence electrons. The zero-order valence-electron chi connectivity index (χ0n) is 19.8. The van der Waals surface area contributed by atoms with Gasteiger partial charge in [-0.05, 0) is 55.2 Å². The van der Waals surface area contributed by atoms with Crippen molar-refractivity contribution in [2.75, 3.05) is 0 Å². The van der Waals surface area contributed by atoms with Crippen molar-refractivity contribution in [2.45, 2.75) is 38.4 Å². The summed E-state index contributed by atoms with van der Waals surface area (Å²) in [7, 11) is 0. The van der Waals surface area contributed by atoms with E-state index in [0.29, 0.717) is 52.8 Å². The van der Waals surface area contributed by atoms with E-state index in [9.17, 15) is 22.8 Å². The van der Waals surface area contributed by atoms with Crippen LogP contribution < -0.4 is 5.32 Å². The summed E-state index contributed by atoms with van der Waals surface area (Å²) in [6.45, 7) is 0.0719. The average Bonchev–Trinajstić information content (AvgIpc) is 2.89. The highest BCUT2D eigenvalue weighted by Crippen LogP contribution is 2.29. The number of benzene rings is 3. The van der Waals surface area contributed by atoms with Gasteiger partial charge in [0.15, 0.2) is 0 Å². The van der Waals surface area contributed by atoms with Crippen LogP contribution in [0.3, 0.4) is 0 Å². The largest absolute Gasteiger partial charge is 0.481 e. The molecule has 6 nitrogen and oxygen atoms in total. The number of nitrogens with zero attached hydrogens (tertiary/aromatic N) is 2. The molecule has 0 saturated carbocycles. The number of fused-ring (bicyclic) bond motifs is 1. The van der Waals surface area contributed by atoms with Crippen molar-refractivity contribution in [3.63, 3.8) is 0 Å². The number of amides is 1. The fourth-order valence-electron chi connectivity index (χ4n) is 3.90. The lowest BCUT2D eigenvalue weighted by atomic mass is 10.0. The quantitative estimate of drug-likeness (QED) is 0.269. The minimum atomic E-state index is -4.41. The van der Waals surface area contributed by atoms with Crippen molar-refractivity contribution in [2.24, 2.45) is 0 Å². The Labute approximate surface area is 211 Å². The van der Waals surface area contributed by atoms with Gasteiger partial charge in [0.1, 0.15) is 0 Å². The number of carboxylic acids is 1. The summed E-state index contributed by atoms with van der Waals surface area (Å²) < 4.78 is 38.2. The summed E-state index contributed by atoms with van der Waals surface area (Å²) >= 11 is 0. The summed E-state index contributed by atoms with van der Waals surface area (Å²) in [5.74, 6) is -1.24. The molecule has 0 radical (unpaired) electrons. The number of aromatic nitrogens is 2. The van der Waals surface area contributed by atoms with Crippen LogP contribution in [0, 0.1) is 0 Å². The van der Waals surface area contributed by atoms with Gasteiger partial charge in [-0.3, -0.25) is 9.59 Å². The maximum absolute atomic E-state index is 12.7. The number of unbranched alkanes of at least 4 members (excludes halogenated alkanes) is 1. The Morgan fingerprint density at radius 1 is 0.865 bits per heavy atom. The molecule has 37 heavy (non-hydrogen) atoms. The maximum atomic E-state index is 12.7. The smallest absolute Gasteiger partial charge is 0.416 e.